The fourth-order valence-electron chi connectivity index (χ4n) is 2.55. The van der Waals surface area contributed by atoms with Crippen molar-refractivity contribution >= 4 is 17.2 Å². The first-order valence-corrected chi connectivity index (χ1v) is 9.15. The summed E-state index contributed by atoms with van der Waals surface area (Å²) < 4.78 is 5.41. The topological polar surface area (TPSA) is 51.2 Å². The average molecular weight is 352 g/mol. The van der Waals surface area contributed by atoms with Crippen LogP contribution in [0.3, 0.4) is 0 Å². The van der Waals surface area contributed by atoms with E-state index in [0.717, 1.165) is 28.1 Å². The van der Waals surface area contributed by atoms with Crippen molar-refractivity contribution in [3.8, 4) is 17.0 Å². The number of nitrogens with zero attached hydrogens (tertiary/aromatic N) is 1. The summed E-state index contributed by atoms with van der Waals surface area (Å²) in [7, 11) is 0. The zero-order valence-corrected chi connectivity index (χ0v) is 14.9. The number of amides is 1. The molecule has 5 heteroatoms. The molecule has 0 aliphatic carbocycles. The molecule has 0 saturated heterocycles. The van der Waals surface area contributed by atoms with Gasteiger partial charge >= 0.3 is 0 Å². The number of rotatable bonds is 7. The van der Waals surface area contributed by atoms with Crippen molar-refractivity contribution in [2.75, 3.05) is 6.61 Å². The zero-order chi connectivity index (χ0) is 17.5. The van der Waals surface area contributed by atoms with Crippen LogP contribution in [0.2, 0.25) is 0 Å². The van der Waals surface area contributed by atoms with Crippen LogP contribution in [0.25, 0.3) is 11.3 Å². The van der Waals surface area contributed by atoms with E-state index in [4.69, 9.17) is 4.74 Å². The number of hydrogen-bond donors (Lipinski definition) is 1. The Morgan fingerprint density at radius 3 is 2.76 bits per heavy atom. The molecule has 1 amide bonds. The molecule has 0 spiro atoms. The highest BCUT2D eigenvalue weighted by Crippen LogP contribution is 2.23. The molecule has 128 valence electrons. The Morgan fingerprint density at radius 2 is 2.04 bits per heavy atom. The van der Waals surface area contributed by atoms with Gasteiger partial charge in [0, 0.05) is 23.7 Å². The standard InChI is InChI=1S/C20H20N2O2S/c1-2-24-18-7-5-15(6-8-18)12-19(23)22-13-16-4-3-10-21-20(16)17-9-11-25-14-17/h3-11,14H,2,12-13H2,1H3,(H,22,23). The lowest BCUT2D eigenvalue weighted by Crippen LogP contribution is -2.24. The predicted octanol–water partition coefficient (Wildman–Crippen LogP) is 4.07. The third kappa shape index (κ3) is 4.67. The van der Waals surface area contributed by atoms with Crippen molar-refractivity contribution in [1.82, 2.24) is 10.3 Å². The highest BCUT2D eigenvalue weighted by Gasteiger charge is 2.09. The molecule has 3 rings (SSSR count). The van der Waals surface area contributed by atoms with E-state index >= 15 is 0 Å². The molecule has 0 bridgehead atoms. The number of ether oxygens (including phenoxy) is 1. The maximum Gasteiger partial charge on any atom is 0.224 e. The van der Waals surface area contributed by atoms with Crippen LogP contribution in [-0.2, 0) is 17.8 Å². The monoisotopic (exact) mass is 352 g/mol. The molecule has 0 atom stereocenters. The SMILES string of the molecule is CCOc1ccc(CC(=O)NCc2cccnc2-c2ccsc2)cc1. The molecule has 2 heterocycles. The first-order chi connectivity index (χ1) is 12.3. The summed E-state index contributed by atoms with van der Waals surface area (Å²) in [6.45, 7) is 3.05. The number of pyridine rings is 1. The van der Waals surface area contributed by atoms with Gasteiger partial charge in [0.15, 0.2) is 0 Å². The van der Waals surface area contributed by atoms with Gasteiger partial charge in [0.2, 0.25) is 5.91 Å². The van der Waals surface area contributed by atoms with Crippen molar-refractivity contribution in [3.05, 3.63) is 70.5 Å². The first-order valence-electron chi connectivity index (χ1n) is 8.21. The Balaban J connectivity index is 1.59. The van der Waals surface area contributed by atoms with Gasteiger partial charge in [0.25, 0.3) is 0 Å². The molecule has 0 aliphatic heterocycles. The number of thiophene rings is 1. The molecule has 4 nitrogen and oxygen atoms in total. The molecule has 0 saturated carbocycles. The largest absolute Gasteiger partial charge is 0.494 e. The summed E-state index contributed by atoms with van der Waals surface area (Å²) in [5.41, 5.74) is 3.98. The van der Waals surface area contributed by atoms with Gasteiger partial charge < -0.3 is 10.1 Å². The molecule has 3 aromatic rings. The lowest BCUT2D eigenvalue weighted by atomic mass is 10.1. The predicted molar refractivity (Wildman–Crippen MR) is 101 cm³/mol. The third-order valence-corrected chi connectivity index (χ3v) is 4.44. The van der Waals surface area contributed by atoms with Crippen molar-refractivity contribution in [2.24, 2.45) is 0 Å². The number of aromatic nitrogens is 1. The average Bonchev–Trinajstić information content (AvgIpc) is 3.17. The van der Waals surface area contributed by atoms with Gasteiger partial charge in [-0.05, 0) is 47.7 Å². The van der Waals surface area contributed by atoms with Crippen LogP contribution in [0.15, 0.2) is 59.4 Å². The molecular formula is C20H20N2O2S. The van der Waals surface area contributed by atoms with Crippen LogP contribution in [0, 0.1) is 0 Å². The molecule has 25 heavy (non-hydrogen) atoms. The van der Waals surface area contributed by atoms with Gasteiger partial charge in [0.1, 0.15) is 5.75 Å². The van der Waals surface area contributed by atoms with Crippen molar-refractivity contribution < 1.29 is 9.53 Å². The maximum absolute atomic E-state index is 12.2. The maximum atomic E-state index is 12.2. The number of carbonyl (C=O) groups excluding carboxylic acids is 1. The fourth-order valence-corrected chi connectivity index (χ4v) is 3.19. The fraction of sp³-hybridized carbons (Fsp3) is 0.200. The Morgan fingerprint density at radius 1 is 1.20 bits per heavy atom. The number of carbonyl (C=O) groups is 1. The number of benzene rings is 1. The zero-order valence-electron chi connectivity index (χ0n) is 14.1. The smallest absolute Gasteiger partial charge is 0.224 e. The minimum atomic E-state index is -0.00992. The molecule has 1 N–H and O–H groups in total. The summed E-state index contributed by atoms with van der Waals surface area (Å²) in [4.78, 5) is 16.7. The third-order valence-electron chi connectivity index (χ3n) is 3.76. The van der Waals surface area contributed by atoms with Crippen molar-refractivity contribution in [1.29, 1.82) is 0 Å². The van der Waals surface area contributed by atoms with Crippen molar-refractivity contribution in [2.45, 2.75) is 19.9 Å². The Hall–Kier alpha value is -2.66. The minimum Gasteiger partial charge on any atom is -0.494 e. The molecule has 0 aliphatic rings. The van der Waals surface area contributed by atoms with Gasteiger partial charge in [-0.3, -0.25) is 9.78 Å². The summed E-state index contributed by atoms with van der Waals surface area (Å²) in [6, 6.07) is 13.6. The van der Waals surface area contributed by atoms with E-state index in [9.17, 15) is 4.79 Å². The van der Waals surface area contributed by atoms with E-state index in [1.807, 2.05) is 54.8 Å². The van der Waals surface area contributed by atoms with Gasteiger partial charge in [-0.15, -0.1) is 0 Å². The highest BCUT2D eigenvalue weighted by atomic mass is 32.1. The molecule has 2 aromatic heterocycles. The van der Waals surface area contributed by atoms with E-state index in [0.29, 0.717) is 19.6 Å². The molecule has 1 aromatic carbocycles. The van der Waals surface area contributed by atoms with Gasteiger partial charge in [0.05, 0.1) is 18.7 Å². The van der Waals surface area contributed by atoms with Gasteiger partial charge in [-0.25, -0.2) is 0 Å². The van der Waals surface area contributed by atoms with E-state index in [1.165, 1.54) is 0 Å². The second kappa shape index (κ2) is 8.44. The van der Waals surface area contributed by atoms with Crippen LogP contribution in [-0.4, -0.2) is 17.5 Å². The van der Waals surface area contributed by atoms with E-state index in [-0.39, 0.29) is 5.91 Å². The summed E-state index contributed by atoms with van der Waals surface area (Å²) in [5.74, 6) is 0.812. The molecule has 0 fully saturated rings. The lowest BCUT2D eigenvalue weighted by molar-refractivity contribution is -0.120. The highest BCUT2D eigenvalue weighted by molar-refractivity contribution is 7.08. The Bertz CT molecular complexity index is 814. The van der Waals surface area contributed by atoms with Crippen LogP contribution < -0.4 is 10.1 Å². The Labute approximate surface area is 151 Å². The van der Waals surface area contributed by atoms with Crippen molar-refractivity contribution in [3.63, 3.8) is 0 Å². The number of nitrogens with one attached hydrogen (secondary N) is 1. The van der Waals surface area contributed by atoms with Crippen LogP contribution in [0.1, 0.15) is 18.1 Å². The van der Waals surface area contributed by atoms with Crippen LogP contribution in [0.5, 0.6) is 5.75 Å². The normalized spacial score (nSPS) is 10.4. The Kier molecular flexibility index (Phi) is 5.80. The van der Waals surface area contributed by atoms with E-state index in [2.05, 4.69) is 15.7 Å². The summed E-state index contributed by atoms with van der Waals surface area (Å²) in [5, 5.41) is 7.07. The quantitative estimate of drug-likeness (QED) is 0.697. The summed E-state index contributed by atoms with van der Waals surface area (Å²) >= 11 is 1.64. The van der Waals surface area contributed by atoms with E-state index < -0.39 is 0 Å². The van der Waals surface area contributed by atoms with Gasteiger partial charge in [-0.2, -0.15) is 11.3 Å². The van der Waals surface area contributed by atoms with Crippen LogP contribution >= 0.6 is 11.3 Å². The lowest BCUT2D eigenvalue weighted by Gasteiger charge is -2.09. The summed E-state index contributed by atoms with van der Waals surface area (Å²) in [6.07, 6.45) is 2.12. The molecule has 0 radical (unpaired) electrons. The number of hydrogen-bond acceptors (Lipinski definition) is 4. The first kappa shape index (κ1) is 17.2. The second-order valence-electron chi connectivity index (χ2n) is 5.55. The minimum absolute atomic E-state index is 0.00992. The second-order valence-corrected chi connectivity index (χ2v) is 6.33. The van der Waals surface area contributed by atoms with E-state index in [1.54, 1.807) is 17.5 Å². The van der Waals surface area contributed by atoms with Crippen LogP contribution in [0.4, 0.5) is 0 Å². The molecular weight excluding hydrogens is 332 g/mol. The van der Waals surface area contributed by atoms with Gasteiger partial charge in [-0.1, -0.05) is 18.2 Å². The molecule has 0 unspecified atom stereocenters.